The lowest BCUT2D eigenvalue weighted by Gasteiger charge is -1.97. The van der Waals surface area contributed by atoms with Crippen LogP contribution in [0.25, 0.3) is 12.2 Å². The molecule has 0 aliphatic heterocycles. The van der Waals surface area contributed by atoms with Crippen molar-refractivity contribution in [1.82, 2.24) is 0 Å². The van der Waals surface area contributed by atoms with Gasteiger partial charge in [-0.05, 0) is 35.4 Å². The quantitative estimate of drug-likeness (QED) is 0.263. The topological polar surface area (TPSA) is 113 Å². The molecule has 0 atom stereocenters. The highest BCUT2D eigenvalue weighted by Crippen LogP contribution is 2.09. The van der Waals surface area contributed by atoms with Gasteiger partial charge in [0.05, 0.1) is 21.3 Å². The van der Waals surface area contributed by atoms with Crippen LogP contribution in [0, 0.1) is 0 Å². The smallest absolute Gasteiger partial charge is 0.330 e. The third kappa shape index (κ3) is 13.7. The van der Waals surface area contributed by atoms with Gasteiger partial charge < -0.3 is 14.2 Å². The fraction of sp³-hybridized carbons (Fsp3) is 0.115. The molecule has 8 nitrogen and oxygen atoms in total. The first-order valence-electron chi connectivity index (χ1n) is 9.66. The SMILES string of the molecule is C=CC(=O)OC.COC(=O)/C=C/c1cccc(/C=C/C(=O)OC)c1.O=Cc1cccc(C=O)c1. The normalized spacial score (nSPS) is 9.50. The second-order valence-corrected chi connectivity index (χ2v) is 6.02. The van der Waals surface area contributed by atoms with E-state index in [1.54, 1.807) is 36.4 Å². The zero-order valence-electron chi connectivity index (χ0n) is 19.1. The number of hydrogen-bond acceptors (Lipinski definition) is 8. The maximum Gasteiger partial charge on any atom is 0.330 e. The first kappa shape index (κ1) is 29.4. The Morgan fingerprint density at radius 3 is 1.29 bits per heavy atom. The molecule has 0 aromatic heterocycles. The number of methoxy groups -OCH3 is 3. The Hall–Kier alpha value is -4.59. The van der Waals surface area contributed by atoms with Crippen molar-refractivity contribution >= 4 is 42.6 Å². The van der Waals surface area contributed by atoms with Crippen molar-refractivity contribution in [3.05, 3.63) is 95.6 Å². The van der Waals surface area contributed by atoms with E-state index in [1.807, 2.05) is 24.3 Å². The molecule has 34 heavy (non-hydrogen) atoms. The van der Waals surface area contributed by atoms with Gasteiger partial charge in [-0.1, -0.05) is 43.0 Å². The number of esters is 3. The van der Waals surface area contributed by atoms with Crippen molar-refractivity contribution in [2.45, 2.75) is 0 Å². The van der Waals surface area contributed by atoms with E-state index >= 15 is 0 Å². The minimum atomic E-state index is -0.412. The molecule has 0 bridgehead atoms. The molecular formula is C26H26O8. The van der Waals surface area contributed by atoms with Gasteiger partial charge in [0, 0.05) is 29.4 Å². The standard InChI is InChI=1S/C14H14O4.C8H6O2.C4H6O2/c1-17-13(15)8-6-11-4-3-5-12(10-11)7-9-14(16)18-2;9-5-7-2-1-3-8(4-7)6-10;1-3-4(5)6-2/h3-10H,1-2H3;1-6H;3H,1H2,2H3/b8-6+,9-7+;;. The second kappa shape index (κ2) is 18.0. The van der Waals surface area contributed by atoms with Crippen molar-refractivity contribution < 1.29 is 38.2 Å². The van der Waals surface area contributed by atoms with Gasteiger partial charge in [0.2, 0.25) is 0 Å². The van der Waals surface area contributed by atoms with Crippen LogP contribution in [0.1, 0.15) is 31.8 Å². The van der Waals surface area contributed by atoms with E-state index in [9.17, 15) is 24.0 Å². The molecule has 0 spiro atoms. The van der Waals surface area contributed by atoms with Gasteiger partial charge in [0.25, 0.3) is 0 Å². The third-order valence-corrected chi connectivity index (χ3v) is 3.69. The maximum atomic E-state index is 10.9. The molecule has 0 amide bonds. The fourth-order valence-corrected chi connectivity index (χ4v) is 2.02. The summed E-state index contributed by atoms with van der Waals surface area (Å²) in [5.74, 6) is -1.22. The fourth-order valence-electron chi connectivity index (χ4n) is 2.02. The Balaban J connectivity index is 0.000000568. The number of benzene rings is 2. The zero-order valence-corrected chi connectivity index (χ0v) is 19.1. The highest BCUT2D eigenvalue weighted by Gasteiger charge is 1.95. The highest BCUT2D eigenvalue weighted by atomic mass is 16.5. The summed E-state index contributed by atoms with van der Waals surface area (Å²) in [4.78, 5) is 52.0. The number of rotatable bonds is 7. The highest BCUT2D eigenvalue weighted by molar-refractivity contribution is 5.88. The van der Waals surface area contributed by atoms with E-state index in [4.69, 9.17) is 0 Å². The van der Waals surface area contributed by atoms with Gasteiger partial charge in [-0.2, -0.15) is 0 Å². The summed E-state index contributed by atoms with van der Waals surface area (Å²) in [5.41, 5.74) is 2.74. The van der Waals surface area contributed by atoms with Crippen LogP contribution in [0.2, 0.25) is 0 Å². The van der Waals surface area contributed by atoms with Crippen LogP contribution in [-0.4, -0.2) is 51.8 Å². The molecule has 2 aromatic rings. The van der Waals surface area contributed by atoms with Crippen LogP contribution >= 0.6 is 0 Å². The Morgan fingerprint density at radius 2 is 1.00 bits per heavy atom. The third-order valence-electron chi connectivity index (χ3n) is 3.69. The summed E-state index contributed by atoms with van der Waals surface area (Å²) in [6.07, 6.45) is 8.49. The van der Waals surface area contributed by atoms with Gasteiger partial charge in [-0.25, -0.2) is 14.4 Å². The molecule has 0 unspecified atom stereocenters. The van der Waals surface area contributed by atoms with E-state index in [1.165, 1.54) is 33.5 Å². The summed E-state index contributed by atoms with van der Waals surface area (Å²) in [5, 5.41) is 0. The summed E-state index contributed by atoms with van der Waals surface area (Å²) in [6, 6.07) is 13.9. The number of hydrogen-bond donors (Lipinski definition) is 0. The van der Waals surface area contributed by atoms with Crippen molar-refractivity contribution in [2.24, 2.45) is 0 Å². The average Bonchev–Trinajstić information content (AvgIpc) is 2.90. The van der Waals surface area contributed by atoms with Crippen LogP contribution < -0.4 is 0 Å². The molecule has 8 heteroatoms. The Labute approximate surface area is 198 Å². The van der Waals surface area contributed by atoms with Crippen LogP contribution in [0.4, 0.5) is 0 Å². The lowest BCUT2D eigenvalue weighted by atomic mass is 10.1. The van der Waals surface area contributed by atoms with Gasteiger partial charge in [-0.3, -0.25) is 9.59 Å². The molecule has 0 aliphatic carbocycles. The van der Waals surface area contributed by atoms with E-state index in [-0.39, 0.29) is 0 Å². The first-order valence-corrected chi connectivity index (χ1v) is 9.66. The monoisotopic (exact) mass is 466 g/mol. The van der Waals surface area contributed by atoms with E-state index in [0.717, 1.165) is 17.2 Å². The molecule has 0 radical (unpaired) electrons. The Bertz CT molecular complexity index is 970. The van der Waals surface area contributed by atoms with Gasteiger partial charge in [-0.15, -0.1) is 0 Å². The van der Waals surface area contributed by atoms with Crippen LogP contribution in [-0.2, 0) is 28.6 Å². The summed E-state index contributed by atoms with van der Waals surface area (Å²) in [6.45, 7) is 3.16. The minimum Gasteiger partial charge on any atom is -0.466 e. The van der Waals surface area contributed by atoms with Crippen LogP contribution in [0.3, 0.4) is 0 Å². The molecule has 2 aromatic carbocycles. The van der Waals surface area contributed by atoms with Crippen molar-refractivity contribution in [3.8, 4) is 0 Å². The van der Waals surface area contributed by atoms with Crippen molar-refractivity contribution in [2.75, 3.05) is 21.3 Å². The van der Waals surface area contributed by atoms with Crippen LogP contribution in [0.15, 0.2) is 73.3 Å². The van der Waals surface area contributed by atoms with Gasteiger partial charge in [0.15, 0.2) is 0 Å². The average molecular weight is 466 g/mol. The number of ether oxygens (including phenoxy) is 3. The largest absolute Gasteiger partial charge is 0.466 e. The minimum absolute atomic E-state index is 0.394. The molecule has 0 saturated heterocycles. The molecule has 0 aliphatic rings. The van der Waals surface area contributed by atoms with E-state index in [0.29, 0.717) is 23.7 Å². The summed E-state index contributed by atoms with van der Waals surface area (Å²) < 4.78 is 13.1. The molecule has 0 heterocycles. The number of aldehydes is 2. The lowest BCUT2D eigenvalue weighted by molar-refractivity contribution is -0.135. The zero-order chi connectivity index (χ0) is 25.8. The number of carbonyl (C=O) groups is 5. The first-order chi connectivity index (χ1) is 16.3. The maximum absolute atomic E-state index is 10.9. The molecular weight excluding hydrogens is 440 g/mol. The summed E-state index contributed by atoms with van der Waals surface area (Å²) in [7, 11) is 3.95. The van der Waals surface area contributed by atoms with Gasteiger partial charge in [0.1, 0.15) is 12.6 Å². The predicted octanol–water partition coefficient (Wildman–Crippen LogP) is 3.72. The molecule has 0 fully saturated rings. The summed E-state index contributed by atoms with van der Waals surface area (Å²) >= 11 is 0. The van der Waals surface area contributed by atoms with Gasteiger partial charge >= 0.3 is 17.9 Å². The molecule has 2 rings (SSSR count). The van der Waals surface area contributed by atoms with E-state index < -0.39 is 17.9 Å². The van der Waals surface area contributed by atoms with Crippen molar-refractivity contribution in [1.29, 1.82) is 0 Å². The molecule has 178 valence electrons. The Morgan fingerprint density at radius 1 is 0.647 bits per heavy atom. The van der Waals surface area contributed by atoms with Crippen LogP contribution in [0.5, 0.6) is 0 Å². The second-order valence-electron chi connectivity index (χ2n) is 6.02. The van der Waals surface area contributed by atoms with E-state index in [2.05, 4.69) is 20.8 Å². The number of carbonyl (C=O) groups excluding carboxylic acids is 5. The molecule has 0 N–H and O–H groups in total. The van der Waals surface area contributed by atoms with Crippen molar-refractivity contribution in [3.63, 3.8) is 0 Å². The predicted molar refractivity (Wildman–Crippen MR) is 128 cm³/mol. The molecule has 0 saturated carbocycles. The Kier molecular flexibility index (Phi) is 15.6. The lowest BCUT2D eigenvalue weighted by Crippen LogP contribution is -1.93.